The number of hydrogen-bond donors (Lipinski definition) is 0. The summed E-state index contributed by atoms with van der Waals surface area (Å²) in [4.78, 5) is 12.6. The van der Waals surface area contributed by atoms with Gasteiger partial charge >= 0.3 is 29.6 Å². The van der Waals surface area contributed by atoms with Gasteiger partial charge in [0.25, 0.3) is 0 Å². The van der Waals surface area contributed by atoms with Crippen molar-refractivity contribution >= 4 is 17.8 Å². The van der Waals surface area contributed by atoms with Gasteiger partial charge in [0.05, 0.1) is 0 Å². The van der Waals surface area contributed by atoms with Crippen LogP contribution in [-0.2, 0) is 5.75 Å². The molecule has 0 aliphatic heterocycles. The van der Waals surface area contributed by atoms with E-state index < -0.39 is 6.03 Å². The molecule has 90 valence electrons. The Hall–Kier alpha value is -0.670. The predicted molar refractivity (Wildman–Crippen MR) is 69.6 cm³/mol. The number of carbonyl (C=O) groups excluding carboxylic acids is 1. The van der Waals surface area contributed by atoms with Gasteiger partial charge in [0.2, 0.25) is 6.03 Å². The van der Waals surface area contributed by atoms with Gasteiger partial charge in [-0.1, -0.05) is 30.3 Å². The van der Waals surface area contributed by atoms with Crippen LogP contribution < -0.4 is 29.6 Å². The molecule has 1 aromatic carbocycles. The molecule has 0 radical (unpaired) electrons. The van der Waals surface area contributed by atoms with Crippen LogP contribution in [0.5, 0.6) is 0 Å². The zero-order valence-corrected chi connectivity index (χ0v) is 13.5. The fourth-order valence-corrected chi connectivity index (χ4v) is 2.16. The summed E-state index contributed by atoms with van der Waals surface area (Å²) >= 11 is 1.75. The van der Waals surface area contributed by atoms with E-state index in [9.17, 15) is 4.79 Å². The number of thioether (sulfide) groups is 1. The summed E-state index contributed by atoms with van der Waals surface area (Å²) in [5, 5.41) is 11.4. The first kappa shape index (κ1) is 17.3. The van der Waals surface area contributed by atoms with Gasteiger partial charge in [0.15, 0.2) is 0 Å². The topological polar surface area (TPSA) is 58.2 Å². The molecule has 0 heterocycles. The molecular weight excluding hydrogens is 257 g/mol. The number of benzene rings is 1. The monoisotopic (exact) mass is 271 g/mol. The van der Waals surface area contributed by atoms with Gasteiger partial charge in [-0.2, -0.15) is 11.8 Å². The third-order valence-electron chi connectivity index (χ3n) is 2.15. The average Bonchev–Trinajstić information content (AvgIpc) is 2.36. The van der Waals surface area contributed by atoms with E-state index in [-0.39, 0.29) is 29.6 Å². The standard InChI is InChI=1S/C12H15N3OS.Na/c1-15(12(16)14-10-13)7-8-17-9-11-5-3-2-4-6-11;/h2-6H,7-9H2,1H3,(H,14,16);/q;+1/p-1. The Morgan fingerprint density at radius 3 is 2.72 bits per heavy atom. The van der Waals surface area contributed by atoms with Gasteiger partial charge in [-0.05, 0) is 24.9 Å². The number of amides is 2. The molecule has 1 aromatic rings. The zero-order valence-electron chi connectivity index (χ0n) is 10.7. The molecule has 0 aromatic heterocycles. The number of nitrogens with zero attached hydrogens (tertiary/aromatic N) is 3. The van der Waals surface area contributed by atoms with Gasteiger partial charge < -0.3 is 10.2 Å². The van der Waals surface area contributed by atoms with E-state index in [1.54, 1.807) is 18.8 Å². The molecular formula is C12H14N3NaOS. The maximum absolute atomic E-state index is 11.1. The molecule has 0 fully saturated rings. The number of hydrogen-bond acceptors (Lipinski definition) is 3. The van der Waals surface area contributed by atoms with Crippen molar-refractivity contribution in [2.24, 2.45) is 0 Å². The largest absolute Gasteiger partial charge is 1.00 e. The van der Waals surface area contributed by atoms with Crippen LogP contribution in [0, 0.1) is 11.5 Å². The fourth-order valence-electron chi connectivity index (χ4n) is 1.19. The van der Waals surface area contributed by atoms with Crippen LogP contribution in [-0.4, -0.2) is 30.3 Å². The number of carbonyl (C=O) groups is 1. The van der Waals surface area contributed by atoms with Crippen molar-refractivity contribution in [2.45, 2.75) is 5.75 Å². The Kier molecular flexibility index (Phi) is 9.89. The smallest absolute Gasteiger partial charge is 0.397 e. The van der Waals surface area contributed by atoms with Crippen LogP contribution in [0.2, 0.25) is 0 Å². The molecule has 0 saturated heterocycles. The Balaban J connectivity index is 0.00000289. The average molecular weight is 271 g/mol. The summed E-state index contributed by atoms with van der Waals surface area (Å²) in [5.74, 6) is 1.76. The molecule has 0 atom stereocenters. The second-order valence-electron chi connectivity index (χ2n) is 3.45. The number of urea groups is 1. The Morgan fingerprint density at radius 2 is 2.11 bits per heavy atom. The SMILES string of the molecule is CN(CCSCc1ccccc1)C(=O)[N-]C#N.[Na+]. The molecule has 1 rings (SSSR count). The molecule has 0 aliphatic rings. The maximum atomic E-state index is 11.1. The van der Waals surface area contributed by atoms with Gasteiger partial charge in [-0.3, -0.25) is 10.1 Å². The van der Waals surface area contributed by atoms with Crippen LogP contribution in [0.1, 0.15) is 5.56 Å². The van der Waals surface area contributed by atoms with Crippen LogP contribution in [0.25, 0.3) is 5.32 Å². The van der Waals surface area contributed by atoms with E-state index in [0.29, 0.717) is 6.54 Å². The summed E-state index contributed by atoms with van der Waals surface area (Å²) in [6.07, 6.45) is 1.49. The molecule has 0 unspecified atom stereocenters. The van der Waals surface area contributed by atoms with Crippen molar-refractivity contribution < 1.29 is 34.4 Å². The molecule has 0 aliphatic carbocycles. The Bertz CT molecular complexity index is 394. The summed E-state index contributed by atoms with van der Waals surface area (Å²) in [6.45, 7) is 0.599. The molecule has 2 amide bonds. The van der Waals surface area contributed by atoms with Crippen molar-refractivity contribution in [1.82, 2.24) is 4.90 Å². The van der Waals surface area contributed by atoms with Crippen molar-refractivity contribution in [1.29, 1.82) is 5.26 Å². The van der Waals surface area contributed by atoms with Crippen LogP contribution in [0.15, 0.2) is 30.3 Å². The minimum absolute atomic E-state index is 0. The second kappa shape index (κ2) is 10.3. The molecule has 18 heavy (non-hydrogen) atoms. The summed E-state index contributed by atoms with van der Waals surface area (Å²) in [7, 11) is 1.65. The normalized spacial score (nSPS) is 8.89. The first-order valence-corrected chi connectivity index (χ1v) is 6.36. The van der Waals surface area contributed by atoms with Crippen molar-refractivity contribution in [3.8, 4) is 6.19 Å². The van der Waals surface area contributed by atoms with Crippen molar-refractivity contribution in [3.05, 3.63) is 41.2 Å². The Labute approximate surface area is 134 Å². The van der Waals surface area contributed by atoms with Crippen LogP contribution in [0.4, 0.5) is 4.79 Å². The van der Waals surface area contributed by atoms with Gasteiger partial charge in [-0.15, -0.1) is 0 Å². The van der Waals surface area contributed by atoms with E-state index in [1.807, 2.05) is 18.2 Å². The molecule has 4 nitrogen and oxygen atoms in total. The van der Waals surface area contributed by atoms with E-state index in [0.717, 1.165) is 11.5 Å². The van der Waals surface area contributed by atoms with Gasteiger partial charge in [-0.25, -0.2) is 0 Å². The Morgan fingerprint density at radius 1 is 1.44 bits per heavy atom. The van der Waals surface area contributed by atoms with E-state index in [4.69, 9.17) is 5.26 Å². The second-order valence-corrected chi connectivity index (χ2v) is 4.56. The quantitative estimate of drug-likeness (QED) is 0.424. The van der Waals surface area contributed by atoms with E-state index >= 15 is 0 Å². The first-order valence-electron chi connectivity index (χ1n) is 5.20. The summed E-state index contributed by atoms with van der Waals surface area (Å²) < 4.78 is 0. The van der Waals surface area contributed by atoms with Gasteiger partial charge in [0.1, 0.15) is 0 Å². The van der Waals surface area contributed by atoms with Crippen molar-refractivity contribution in [3.63, 3.8) is 0 Å². The van der Waals surface area contributed by atoms with Crippen LogP contribution >= 0.6 is 11.8 Å². The first-order chi connectivity index (χ1) is 8.24. The number of nitriles is 1. The molecule has 0 spiro atoms. The van der Waals surface area contributed by atoms with E-state index in [1.165, 1.54) is 16.7 Å². The van der Waals surface area contributed by atoms with Crippen molar-refractivity contribution in [2.75, 3.05) is 19.3 Å². The van der Waals surface area contributed by atoms with Gasteiger partial charge in [0, 0.05) is 11.9 Å². The van der Waals surface area contributed by atoms with E-state index in [2.05, 4.69) is 17.4 Å². The van der Waals surface area contributed by atoms with Crippen LogP contribution in [0.3, 0.4) is 0 Å². The molecule has 0 N–H and O–H groups in total. The summed E-state index contributed by atoms with van der Waals surface area (Å²) in [6, 6.07) is 9.69. The number of rotatable bonds is 5. The minimum atomic E-state index is -0.479. The third-order valence-corrected chi connectivity index (χ3v) is 3.16. The third kappa shape index (κ3) is 6.92. The maximum Gasteiger partial charge on any atom is 1.00 e. The minimum Gasteiger partial charge on any atom is -0.397 e. The zero-order chi connectivity index (χ0) is 12.5. The molecule has 6 heteroatoms. The molecule has 0 bridgehead atoms. The molecule has 0 saturated carbocycles. The fraction of sp³-hybridized carbons (Fsp3) is 0.333. The predicted octanol–water partition coefficient (Wildman–Crippen LogP) is -0.170. The summed E-state index contributed by atoms with van der Waals surface area (Å²) in [5.41, 5.74) is 1.27.